The van der Waals surface area contributed by atoms with E-state index in [1.807, 2.05) is 0 Å². The Hall–Kier alpha value is -1.38. The number of amides is 1. The Labute approximate surface area is 141 Å². The molecule has 0 aliphatic heterocycles. The summed E-state index contributed by atoms with van der Waals surface area (Å²) < 4.78 is 38.1. The molecule has 1 aliphatic rings. The lowest BCUT2D eigenvalue weighted by Crippen LogP contribution is -2.51. The van der Waals surface area contributed by atoms with E-state index < -0.39 is 21.4 Å². The van der Waals surface area contributed by atoms with Crippen molar-refractivity contribution >= 4 is 34.0 Å². The van der Waals surface area contributed by atoms with Crippen LogP contribution in [0.4, 0.5) is 10.1 Å². The van der Waals surface area contributed by atoms with E-state index in [1.165, 1.54) is 12.1 Å². The first kappa shape index (κ1) is 19.7. The van der Waals surface area contributed by atoms with Gasteiger partial charge in [-0.3, -0.25) is 9.52 Å². The van der Waals surface area contributed by atoms with E-state index in [2.05, 4.69) is 10.0 Å². The number of sulfonamides is 1. The maximum absolute atomic E-state index is 13.6. The number of hydrogen-bond donors (Lipinski definition) is 3. The summed E-state index contributed by atoms with van der Waals surface area (Å²) in [5.41, 5.74) is 5.29. The standard InChI is InChI=1S/C14H20FN3O3S.ClH/c1-22(20,21)18-12-8-10(4-5-11(12)15)13(19)17-14(9-16)6-2-3-7-14;/h4-5,8,18H,2-3,6-7,9,16H2,1H3,(H,17,19);1H. The van der Waals surface area contributed by atoms with Gasteiger partial charge in [-0.2, -0.15) is 0 Å². The van der Waals surface area contributed by atoms with E-state index in [1.54, 1.807) is 0 Å². The summed E-state index contributed by atoms with van der Waals surface area (Å²) in [7, 11) is -3.62. The van der Waals surface area contributed by atoms with Gasteiger partial charge in [0.15, 0.2) is 0 Å². The van der Waals surface area contributed by atoms with Crippen molar-refractivity contribution in [3.8, 4) is 0 Å². The third-order valence-electron chi connectivity index (χ3n) is 3.85. The van der Waals surface area contributed by atoms with Crippen LogP contribution < -0.4 is 15.8 Å². The minimum atomic E-state index is -3.62. The molecule has 1 aliphatic carbocycles. The van der Waals surface area contributed by atoms with Crippen LogP contribution in [0, 0.1) is 5.82 Å². The molecule has 23 heavy (non-hydrogen) atoms. The molecule has 1 saturated carbocycles. The molecule has 4 N–H and O–H groups in total. The molecule has 0 unspecified atom stereocenters. The molecule has 1 aromatic carbocycles. The zero-order valence-corrected chi connectivity index (χ0v) is 14.4. The van der Waals surface area contributed by atoms with E-state index in [-0.39, 0.29) is 29.6 Å². The van der Waals surface area contributed by atoms with E-state index >= 15 is 0 Å². The number of carbonyl (C=O) groups excluding carboxylic acids is 1. The molecule has 0 radical (unpaired) electrons. The first-order chi connectivity index (χ1) is 10.2. The molecule has 6 nitrogen and oxygen atoms in total. The second-order valence-electron chi connectivity index (χ2n) is 5.71. The summed E-state index contributed by atoms with van der Waals surface area (Å²) in [6.45, 7) is 0.342. The van der Waals surface area contributed by atoms with Crippen LogP contribution >= 0.6 is 12.4 Å². The van der Waals surface area contributed by atoms with Gasteiger partial charge in [0.25, 0.3) is 5.91 Å². The van der Waals surface area contributed by atoms with Crippen LogP contribution in [-0.2, 0) is 10.0 Å². The summed E-state index contributed by atoms with van der Waals surface area (Å²) >= 11 is 0. The largest absolute Gasteiger partial charge is 0.345 e. The van der Waals surface area contributed by atoms with Crippen molar-refractivity contribution in [2.45, 2.75) is 31.2 Å². The number of anilines is 1. The highest BCUT2D eigenvalue weighted by atomic mass is 35.5. The second kappa shape index (κ2) is 7.46. The Kier molecular flexibility index (Phi) is 6.38. The van der Waals surface area contributed by atoms with Crippen LogP contribution in [-0.4, -0.2) is 32.7 Å². The van der Waals surface area contributed by atoms with E-state index in [0.717, 1.165) is 38.0 Å². The Bertz CT molecular complexity index is 676. The van der Waals surface area contributed by atoms with Gasteiger partial charge in [0.1, 0.15) is 5.82 Å². The lowest BCUT2D eigenvalue weighted by molar-refractivity contribution is 0.0903. The van der Waals surface area contributed by atoms with Crippen molar-refractivity contribution in [3.05, 3.63) is 29.6 Å². The topological polar surface area (TPSA) is 101 Å². The molecule has 0 heterocycles. The second-order valence-corrected chi connectivity index (χ2v) is 7.46. The van der Waals surface area contributed by atoms with Gasteiger partial charge in [-0.25, -0.2) is 12.8 Å². The average molecular weight is 366 g/mol. The van der Waals surface area contributed by atoms with Crippen LogP contribution in [0.15, 0.2) is 18.2 Å². The summed E-state index contributed by atoms with van der Waals surface area (Å²) in [4.78, 5) is 12.3. The molecule has 1 amide bonds. The number of benzene rings is 1. The predicted octanol–water partition coefficient (Wildman–Crippen LogP) is 1.62. The van der Waals surface area contributed by atoms with Crippen molar-refractivity contribution in [1.29, 1.82) is 0 Å². The zero-order valence-electron chi connectivity index (χ0n) is 12.8. The lowest BCUT2D eigenvalue weighted by atomic mass is 9.97. The van der Waals surface area contributed by atoms with E-state index in [4.69, 9.17) is 5.73 Å². The monoisotopic (exact) mass is 365 g/mol. The molecular weight excluding hydrogens is 345 g/mol. The van der Waals surface area contributed by atoms with Gasteiger partial charge in [-0.15, -0.1) is 12.4 Å². The highest BCUT2D eigenvalue weighted by molar-refractivity contribution is 7.92. The Morgan fingerprint density at radius 3 is 2.48 bits per heavy atom. The molecular formula is C14H21ClFN3O3S. The number of halogens is 2. The van der Waals surface area contributed by atoms with Gasteiger partial charge >= 0.3 is 0 Å². The van der Waals surface area contributed by atoms with Crippen LogP contribution in [0.1, 0.15) is 36.0 Å². The fraction of sp³-hybridized carbons (Fsp3) is 0.500. The molecule has 1 aromatic rings. The smallest absolute Gasteiger partial charge is 0.251 e. The average Bonchev–Trinajstić information content (AvgIpc) is 2.89. The Balaban J connectivity index is 0.00000264. The number of hydrogen-bond acceptors (Lipinski definition) is 4. The summed E-state index contributed by atoms with van der Waals surface area (Å²) in [6, 6.07) is 3.56. The minimum absolute atomic E-state index is 0. The van der Waals surface area contributed by atoms with Gasteiger partial charge in [0.05, 0.1) is 17.5 Å². The van der Waals surface area contributed by atoms with Gasteiger partial charge in [0.2, 0.25) is 10.0 Å². The van der Waals surface area contributed by atoms with Crippen molar-refractivity contribution in [2.24, 2.45) is 5.73 Å². The number of rotatable bonds is 5. The molecule has 0 bridgehead atoms. The van der Waals surface area contributed by atoms with Gasteiger partial charge in [0, 0.05) is 12.1 Å². The summed E-state index contributed by atoms with van der Waals surface area (Å²) in [6.07, 6.45) is 4.54. The maximum Gasteiger partial charge on any atom is 0.251 e. The number of carbonyl (C=O) groups is 1. The molecule has 0 atom stereocenters. The predicted molar refractivity (Wildman–Crippen MR) is 89.8 cm³/mol. The molecule has 9 heteroatoms. The number of nitrogens with two attached hydrogens (primary N) is 1. The summed E-state index contributed by atoms with van der Waals surface area (Å²) in [5, 5.41) is 2.90. The van der Waals surface area contributed by atoms with Gasteiger partial charge in [-0.1, -0.05) is 12.8 Å². The molecule has 130 valence electrons. The van der Waals surface area contributed by atoms with Crippen LogP contribution in [0.25, 0.3) is 0 Å². The zero-order chi connectivity index (χ0) is 16.4. The third-order valence-corrected chi connectivity index (χ3v) is 4.44. The SMILES string of the molecule is CS(=O)(=O)Nc1cc(C(=O)NC2(CN)CCCC2)ccc1F.Cl. The fourth-order valence-corrected chi connectivity index (χ4v) is 3.25. The first-order valence-corrected chi connectivity index (χ1v) is 8.94. The highest BCUT2D eigenvalue weighted by Crippen LogP contribution is 2.29. The van der Waals surface area contributed by atoms with Gasteiger partial charge in [-0.05, 0) is 31.0 Å². The molecule has 1 fully saturated rings. The fourth-order valence-electron chi connectivity index (χ4n) is 2.69. The van der Waals surface area contributed by atoms with Crippen molar-refractivity contribution in [2.75, 3.05) is 17.5 Å². The quantitative estimate of drug-likeness (QED) is 0.737. The molecule has 2 rings (SSSR count). The first-order valence-electron chi connectivity index (χ1n) is 7.05. The highest BCUT2D eigenvalue weighted by Gasteiger charge is 2.34. The lowest BCUT2D eigenvalue weighted by Gasteiger charge is -2.28. The van der Waals surface area contributed by atoms with Crippen molar-refractivity contribution in [3.63, 3.8) is 0 Å². The normalized spacial score (nSPS) is 16.5. The molecule has 0 saturated heterocycles. The van der Waals surface area contributed by atoms with Crippen molar-refractivity contribution < 1.29 is 17.6 Å². The van der Waals surface area contributed by atoms with Crippen LogP contribution in [0.2, 0.25) is 0 Å². The molecule has 0 aromatic heterocycles. The van der Waals surface area contributed by atoms with Gasteiger partial charge < -0.3 is 11.1 Å². The van der Waals surface area contributed by atoms with E-state index in [9.17, 15) is 17.6 Å². The Morgan fingerprint density at radius 2 is 1.96 bits per heavy atom. The maximum atomic E-state index is 13.6. The number of nitrogens with one attached hydrogen (secondary N) is 2. The Morgan fingerprint density at radius 1 is 1.35 bits per heavy atom. The minimum Gasteiger partial charge on any atom is -0.345 e. The third kappa shape index (κ3) is 5.05. The van der Waals surface area contributed by atoms with E-state index in [0.29, 0.717) is 6.54 Å². The van der Waals surface area contributed by atoms with Crippen LogP contribution in [0.5, 0.6) is 0 Å². The molecule has 0 spiro atoms. The summed E-state index contributed by atoms with van der Waals surface area (Å²) in [5.74, 6) is -1.12. The van der Waals surface area contributed by atoms with Crippen molar-refractivity contribution in [1.82, 2.24) is 5.32 Å². The van der Waals surface area contributed by atoms with Crippen LogP contribution in [0.3, 0.4) is 0 Å².